The van der Waals surface area contributed by atoms with E-state index in [-0.39, 0.29) is 5.25 Å². The highest BCUT2D eigenvalue weighted by molar-refractivity contribution is 7.92. The number of hydrogen-bond acceptors (Lipinski definition) is 3. The van der Waals surface area contributed by atoms with Gasteiger partial charge in [-0.2, -0.15) is 0 Å². The first kappa shape index (κ1) is 11.5. The first-order valence-corrected chi connectivity index (χ1v) is 7.16. The number of nitrogen functional groups attached to an aromatic ring is 1. The van der Waals surface area contributed by atoms with Gasteiger partial charge >= 0.3 is 0 Å². The molecule has 88 valence electrons. The van der Waals surface area contributed by atoms with E-state index in [1.54, 1.807) is 25.1 Å². The zero-order valence-electron chi connectivity index (χ0n) is 9.44. The third kappa shape index (κ3) is 1.94. The summed E-state index contributed by atoms with van der Waals surface area (Å²) in [6.45, 7) is 1.80. The fourth-order valence-electron chi connectivity index (χ4n) is 2.37. The molecular formula is C12H17NO2S. The quantitative estimate of drug-likeness (QED) is 0.805. The smallest absolute Gasteiger partial charge is 0.181 e. The molecule has 0 atom stereocenters. The minimum atomic E-state index is -3.14. The van der Waals surface area contributed by atoms with Crippen molar-refractivity contribution in [2.45, 2.75) is 42.8 Å². The molecule has 1 aromatic carbocycles. The van der Waals surface area contributed by atoms with Crippen LogP contribution < -0.4 is 5.73 Å². The SMILES string of the molecule is Cc1cc(N)ccc1S(=O)(=O)C1CCCC1. The summed E-state index contributed by atoms with van der Waals surface area (Å²) < 4.78 is 24.7. The van der Waals surface area contributed by atoms with Crippen molar-refractivity contribution >= 4 is 15.5 Å². The molecule has 0 bridgehead atoms. The van der Waals surface area contributed by atoms with Crippen LogP contribution in [0.1, 0.15) is 31.2 Å². The molecule has 0 heterocycles. The van der Waals surface area contributed by atoms with E-state index in [0.29, 0.717) is 10.6 Å². The number of nitrogens with two attached hydrogens (primary N) is 1. The second kappa shape index (κ2) is 4.09. The minimum absolute atomic E-state index is 0.185. The highest BCUT2D eigenvalue weighted by Crippen LogP contribution is 2.31. The largest absolute Gasteiger partial charge is 0.399 e. The third-order valence-corrected chi connectivity index (χ3v) is 5.67. The van der Waals surface area contributed by atoms with Gasteiger partial charge < -0.3 is 5.73 Å². The molecule has 0 aromatic heterocycles. The van der Waals surface area contributed by atoms with Gasteiger partial charge in [0.15, 0.2) is 9.84 Å². The Morgan fingerprint density at radius 2 is 1.88 bits per heavy atom. The van der Waals surface area contributed by atoms with Gasteiger partial charge in [0, 0.05) is 5.69 Å². The second-order valence-electron chi connectivity index (χ2n) is 4.48. The van der Waals surface area contributed by atoms with Gasteiger partial charge in [0.05, 0.1) is 10.1 Å². The molecule has 1 aliphatic carbocycles. The van der Waals surface area contributed by atoms with Crippen molar-refractivity contribution in [2.75, 3.05) is 5.73 Å². The molecule has 0 saturated heterocycles. The van der Waals surface area contributed by atoms with Crippen molar-refractivity contribution in [3.05, 3.63) is 23.8 Å². The van der Waals surface area contributed by atoms with Crippen LogP contribution in [0.3, 0.4) is 0 Å². The molecule has 2 N–H and O–H groups in total. The van der Waals surface area contributed by atoms with Crippen molar-refractivity contribution < 1.29 is 8.42 Å². The van der Waals surface area contributed by atoms with E-state index in [1.807, 2.05) is 0 Å². The van der Waals surface area contributed by atoms with Gasteiger partial charge in [0.2, 0.25) is 0 Å². The van der Waals surface area contributed by atoms with Crippen LogP contribution in [0.15, 0.2) is 23.1 Å². The van der Waals surface area contributed by atoms with Gasteiger partial charge in [-0.15, -0.1) is 0 Å². The van der Waals surface area contributed by atoms with Crippen LogP contribution >= 0.6 is 0 Å². The Kier molecular flexibility index (Phi) is 2.93. The molecule has 4 heteroatoms. The molecule has 3 nitrogen and oxygen atoms in total. The topological polar surface area (TPSA) is 60.2 Å². The van der Waals surface area contributed by atoms with Crippen molar-refractivity contribution in [3.63, 3.8) is 0 Å². The van der Waals surface area contributed by atoms with Crippen LogP contribution in [-0.4, -0.2) is 13.7 Å². The summed E-state index contributed by atoms with van der Waals surface area (Å²) in [4.78, 5) is 0.452. The van der Waals surface area contributed by atoms with Crippen LogP contribution in [-0.2, 0) is 9.84 Å². The van der Waals surface area contributed by atoms with E-state index in [4.69, 9.17) is 5.73 Å². The summed E-state index contributed by atoms with van der Waals surface area (Å²) in [6, 6.07) is 5.02. The highest BCUT2D eigenvalue weighted by Gasteiger charge is 2.31. The second-order valence-corrected chi connectivity index (χ2v) is 6.67. The maximum Gasteiger partial charge on any atom is 0.181 e. The van der Waals surface area contributed by atoms with E-state index in [0.717, 1.165) is 31.2 Å². The van der Waals surface area contributed by atoms with Gasteiger partial charge in [-0.05, 0) is 43.5 Å². The Morgan fingerprint density at radius 1 is 1.25 bits per heavy atom. The predicted molar refractivity (Wildman–Crippen MR) is 65.0 cm³/mol. The first-order chi connectivity index (χ1) is 7.51. The lowest BCUT2D eigenvalue weighted by atomic mass is 10.2. The van der Waals surface area contributed by atoms with Gasteiger partial charge in [-0.1, -0.05) is 12.8 Å². The van der Waals surface area contributed by atoms with Gasteiger partial charge in [-0.3, -0.25) is 0 Å². The van der Waals surface area contributed by atoms with Crippen LogP contribution in [0.2, 0.25) is 0 Å². The van der Waals surface area contributed by atoms with E-state index in [2.05, 4.69) is 0 Å². The number of anilines is 1. The highest BCUT2D eigenvalue weighted by atomic mass is 32.2. The molecule has 1 fully saturated rings. The van der Waals surface area contributed by atoms with Crippen molar-refractivity contribution in [1.82, 2.24) is 0 Å². The number of sulfone groups is 1. The van der Waals surface area contributed by atoms with Crippen LogP contribution in [0.5, 0.6) is 0 Å². The van der Waals surface area contributed by atoms with Crippen molar-refractivity contribution in [3.8, 4) is 0 Å². The molecule has 1 saturated carbocycles. The standard InChI is InChI=1S/C12H17NO2S/c1-9-8-10(13)6-7-12(9)16(14,15)11-4-2-3-5-11/h6-8,11H,2-5,13H2,1H3. The lowest BCUT2D eigenvalue weighted by Crippen LogP contribution is -2.18. The molecule has 16 heavy (non-hydrogen) atoms. The lowest BCUT2D eigenvalue weighted by Gasteiger charge is -2.13. The molecule has 0 amide bonds. The zero-order chi connectivity index (χ0) is 11.8. The molecule has 0 radical (unpaired) electrons. The monoisotopic (exact) mass is 239 g/mol. The maximum absolute atomic E-state index is 12.3. The van der Waals surface area contributed by atoms with E-state index >= 15 is 0 Å². The number of benzene rings is 1. The molecule has 0 spiro atoms. The first-order valence-electron chi connectivity index (χ1n) is 5.62. The van der Waals surface area contributed by atoms with Gasteiger partial charge in [0.25, 0.3) is 0 Å². The van der Waals surface area contributed by atoms with Crippen LogP contribution in [0.25, 0.3) is 0 Å². The van der Waals surface area contributed by atoms with Crippen LogP contribution in [0, 0.1) is 6.92 Å². The summed E-state index contributed by atoms with van der Waals surface area (Å²) in [5, 5.41) is -0.185. The fourth-order valence-corrected chi connectivity index (χ4v) is 4.45. The molecule has 1 aliphatic rings. The summed E-state index contributed by atoms with van der Waals surface area (Å²) >= 11 is 0. The Hall–Kier alpha value is -1.03. The zero-order valence-corrected chi connectivity index (χ0v) is 10.3. The average molecular weight is 239 g/mol. The molecule has 0 unspecified atom stereocenters. The summed E-state index contributed by atoms with van der Waals surface area (Å²) in [7, 11) is -3.14. The molecular weight excluding hydrogens is 222 g/mol. The van der Waals surface area contributed by atoms with E-state index < -0.39 is 9.84 Å². The number of hydrogen-bond donors (Lipinski definition) is 1. The van der Waals surface area contributed by atoms with Crippen molar-refractivity contribution in [1.29, 1.82) is 0 Å². The van der Waals surface area contributed by atoms with Gasteiger partial charge in [0.1, 0.15) is 0 Å². The fraction of sp³-hybridized carbons (Fsp3) is 0.500. The third-order valence-electron chi connectivity index (χ3n) is 3.25. The van der Waals surface area contributed by atoms with Crippen LogP contribution in [0.4, 0.5) is 5.69 Å². The Balaban J connectivity index is 2.42. The summed E-state index contributed by atoms with van der Waals surface area (Å²) in [5.41, 5.74) is 7.00. The number of aryl methyl sites for hydroxylation is 1. The molecule has 1 aromatic rings. The minimum Gasteiger partial charge on any atom is -0.399 e. The maximum atomic E-state index is 12.3. The Labute approximate surface area is 96.6 Å². The molecule has 2 rings (SSSR count). The number of rotatable bonds is 2. The average Bonchev–Trinajstić information content (AvgIpc) is 2.69. The summed E-state index contributed by atoms with van der Waals surface area (Å²) in [5.74, 6) is 0. The van der Waals surface area contributed by atoms with Gasteiger partial charge in [-0.25, -0.2) is 8.42 Å². The Morgan fingerprint density at radius 3 is 2.44 bits per heavy atom. The summed E-state index contributed by atoms with van der Waals surface area (Å²) in [6.07, 6.45) is 3.65. The Bertz CT molecular complexity index is 488. The normalized spacial score (nSPS) is 17.8. The van der Waals surface area contributed by atoms with E-state index in [9.17, 15) is 8.42 Å². The van der Waals surface area contributed by atoms with Crippen molar-refractivity contribution in [2.24, 2.45) is 0 Å². The predicted octanol–water partition coefficient (Wildman–Crippen LogP) is 2.29. The van der Waals surface area contributed by atoms with E-state index in [1.165, 1.54) is 0 Å². The lowest BCUT2D eigenvalue weighted by molar-refractivity contribution is 0.579. The molecule has 0 aliphatic heterocycles.